The molecule has 1 amide bonds. The van der Waals surface area contributed by atoms with E-state index in [0.717, 1.165) is 5.56 Å². The number of hydrogen-bond donors (Lipinski definition) is 2. The molecule has 0 saturated heterocycles. The van der Waals surface area contributed by atoms with Crippen molar-refractivity contribution < 1.29 is 9.72 Å². The van der Waals surface area contributed by atoms with Gasteiger partial charge in [-0.3, -0.25) is 19.7 Å². The van der Waals surface area contributed by atoms with E-state index < -0.39 is 10.8 Å². The number of H-pyrrole nitrogens is 1. The zero-order chi connectivity index (χ0) is 17.8. The van der Waals surface area contributed by atoms with Gasteiger partial charge in [-0.2, -0.15) is 0 Å². The van der Waals surface area contributed by atoms with E-state index in [1.165, 1.54) is 36.7 Å². The van der Waals surface area contributed by atoms with E-state index in [2.05, 4.69) is 15.3 Å². The Bertz CT molecular complexity index is 976. The summed E-state index contributed by atoms with van der Waals surface area (Å²) in [6.07, 6.45) is 2.69. The van der Waals surface area contributed by atoms with Crippen LogP contribution in [0.3, 0.4) is 0 Å². The number of nitro groups is 1. The standard InChI is InChI=1S/C17H12N4O4/c22-16-10-18-15(9-19-16)11-4-6-13(7-5-11)20-17(23)12-2-1-3-14(8-12)21(24)25/h1-10H,(H,19,22)(H,20,23). The monoisotopic (exact) mass is 336 g/mol. The number of anilines is 1. The number of nitrogens with zero attached hydrogens (tertiary/aromatic N) is 2. The molecule has 2 N–H and O–H groups in total. The number of nitro benzene ring substituents is 1. The second-order valence-electron chi connectivity index (χ2n) is 5.14. The summed E-state index contributed by atoms with van der Waals surface area (Å²) < 4.78 is 0. The molecule has 2 aromatic carbocycles. The lowest BCUT2D eigenvalue weighted by molar-refractivity contribution is -0.384. The molecule has 0 aliphatic rings. The first-order chi connectivity index (χ1) is 12.0. The third kappa shape index (κ3) is 3.75. The van der Waals surface area contributed by atoms with Gasteiger partial charge in [-0.1, -0.05) is 18.2 Å². The fraction of sp³-hybridized carbons (Fsp3) is 0. The lowest BCUT2D eigenvalue weighted by Gasteiger charge is -2.06. The maximum atomic E-state index is 12.2. The minimum absolute atomic E-state index is 0.146. The van der Waals surface area contributed by atoms with Crippen LogP contribution in [0.1, 0.15) is 10.4 Å². The Hall–Kier alpha value is -3.81. The molecule has 25 heavy (non-hydrogen) atoms. The number of non-ortho nitro benzene ring substituents is 1. The Morgan fingerprint density at radius 3 is 2.56 bits per heavy atom. The van der Waals surface area contributed by atoms with Crippen LogP contribution in [0.15, 0.2) is 65.7 Å². The van der Waals surface area contributed by atoms with E-state index in [1.54, 1.807) is 24.3 Å². The Labute approximate surface area is 141 Å². The molecule has 8 heteroatoms. The Morgan fingerprint density at radius 1 is 1.16 bits per heavy atom. The number of aromatic nitrogens is 2. The number of benzene rings is 2. The molecule has 3 rings (SSSR count). The second kappa shape index (κ2) is 6.75. The third-order valence-corrected chi connectivity index (χ3v) is 3.43. The predicted molar refractivity (Wildman–Crippen MR) is 91.3 cm³/mol. The van der Waals surface area contributed by atoms with Gasteiger partial charge in [0, 0.05) is 35.1 Å². The van der Waals surface area contributed by atoms with Gasteiger partial charge in [0.2, 0.25) is 0 Å². The largest absolute Gasteiger partial charge is 0.326 e. The van der Waals surface area contributed by atoms with Gasteiger partial charge >= 0.3 is 0 Å². The number of carbonyl (C=O) groups is 1. The summed E-state index contributed by atoms with van der Waals surface area (Å²) in [6, 6.07) is 12.3. The number of rotatable bonds is 4. The Morgan fingerprint density at radius 2 is 1.92 bits per heavy atom. The van der Waals surface area contributed by atoms with Crippen LogP contribution in [-0.2, 0) is 0 Å². The number of hydrogen-bond acceptors (Lipinski definition) is 5. The van der Waals surface area contributed by atoms with E-state index in [4.69, 9.17) is 0 Å². The average molecular weight is 336 g/mol. The molecule has 0 aliphatic carbocycles. The minimum atomic E-state index is -0.553. The van der Waals surface area contributed by atoms with Crippen LogP contribution in [0.4, 0.5) is 11.4 Å². The van der Waals surface area contributed by atoms with E-state index in [-0.39, 0.29) is 16.8 Å². The van der Waals surface area contributed by atoms with Crippen molar-refractivity contribution in [1.82, 2.24) is 9.97 Å². The normalized spacial score (nSPS) is 10.2. The van der Waals surface area contributed by atoms with Gasteiger partial charge in [0.1, 0.15) is 0 Å². The van der Waals surface area contributed by atoms with Crippen molar-refractivity contribution in [2.24, 2.45) is 0 Å². The van der Waals surface area contributed by atoms with Gasteiger partial charge in [-0.15, -0.1) is 0 Å². The first-order valence-corrected chi connectivity index (χ1v) is 7.24. The fourth-order valence-electron chi connectivity index (χ4n) is 2.19. The Kier molecular flexibility index (Phi) is 4.34. The molecule has 8 nitrogen and oxygen atoms in total. The lowest BCUT2D eigenvalue weighted by Crippen LogP contribution is -2.12. The maximum Gasteiger partial charge on any atom is 0.270 e. The number of aromatic amines is 1. The third-order valence-electron chi connectivity index (χ3n) is 3.43. The topological polar surface area (TPSA) is 118 Å². The summed E-state index contributed by atoms with van der Waals surface area (Å²) in [4.78, 5) is 40.0. The molecule has 1 aromatic heterocycles. The van der Waals surface area contributed by atoms with Crippen molar-refractivity contribution in [3.8, 4) is 11.3 Å². The molecule has 0 bridgehead atoms. The molecule has 3 aromatic rings. The number of amides is 1. The van der Waals surface area contributed by atoms with E-state index in [9.17, 15) is 19.7 Å². The van der Waals surface area contributed by atoms with Gasteiger partial charge in [-0.25, -0.2) is 4.98 Å². The fourth-order valence-corrected chi connectivity index (χ4v) is 2.19. The second-order valence-corrected chi connectivity index (χ2v) is 5.14. The highest BCUT2D eigenvalue weighted by Crippen LogP contribution is 2.19. The van der Waals surface area contributed by atoms with Crippen molar-refractivity contribution in [1.29, 1.82) is 0 Å². The molecular weight excluding hydrogens is 324 g/mol. The van der Waals surface area contributed by atoms with Crippen molar-refractivity contribution >= 4 is 17.3 Å². The molecule has 0 radical (unpaired) electrons. The number of carbonyl (C=O) groups excluding carboxylic acids is 1. The zero-order valence-electron chi connectivity index (χ0n) is 12.8. The minimum Gasteiger partial charge on any atom is -0.326 e. The summed E-state index contributed by atoms with van der Waals surface area (Å²) in [5.74, 6) is -0.446. The van der Waals surface area contributed by atoms with Gasteiger partial charge in [0.15, 0.2) is 0 Å². The molecule has 0 fully saturated rings. The average Bonchev–Trinajstić information content (AvgIpc) is 2.63. The summed E-state index contributed by atoms with van der Waals surface area (Å²) >= 11 is 0. The maximum absolute atomic E-state index is 12.2. The highest BCUT2D eigenvalue weighted by atomic mass is 16.6. The van der Waals surface area contributed by atoms with E-state index in [0.29, 0.717) is 11.4 Å². The zero-order valence-corrected chi connectivity index (χ0v) is 12.8. The van der Waals surface area contributed by atoms with Crippen LogP contribution in [0.5, 0.6) is 0 Å². The smallest absolute Gasteiger partial charge is 0.270 e. The molecule has 124 valence electrons. The number of nitrogens with one attached hydrogen (secondary N) is 2. The van der Waals surface area contributed by atoms with Crippen molar-refractivity contribution in [3.63, 3.8) is 0 Å². The van der Waals surface area contributed by atoms with Crippen molar-refractivity contribution in [2.75, 3.05) is 5.32 Å². The van der Waals surface area contributed by atoms with Crippen LogP contribution in [-0.4, -0.2) is 20.8 Å². The van der Waals surface area contributed by atoms with E-state index >= 15 is 0 Å². The first-order valence-electron chi connectivity index (χ1n) is 7.24. The lowest BCUT2D eigenvalue weighted by atomic mass is 10.1. The summed E-state index contributed by atoms with van der Waals surface area (Å²) in [6.45, 7) is 0. The van der Waals surface area contributed by atoms with Crippen molar-refractivity contribution in [2.45, 2.75) is 0 Å². The predicted octanol–water partition coefficient (Wildman–Crippen LogP) is 2.60. The highest BCUT2D eigenvalue weighted by molar-refractivity contribution is 6.04. The van der Waals surface area contributed by atoms with E-state index in [1.807, 2.05) is 0 Å². The molecule has 0 unspecified atom stereocenters. The van der Waals surface area contributed by atoms with Crippen LogP contribution < -0.4 is 10.9 Å². The van der Waals surface area contributed by atoms with Crippen LogP contribution in [0, 0.1) is 10.1 Å². The quantitative estimate of drug-likeness (QED) is 0.561. The van der Waals surface area contributed by atoms with Gasteiger partial charge in [-0.05, 0) is 18.2 Å². The van der Waals surface area contributed by atoms with Gasteiger partial charge < -0.3 is 10.3 Å². The van der Waals surface area contributed by atoms with Crippen molar-refractivity contribution in [3.05, 3.63) is 87.0 Å². The molecule has 0 saturated carbocycles. The molecule has 0 spiro atoms. The molecular formula is C17H12N4O4. The van der Waals surface area contributed by atoms with Gasteiger partial charge in [0.05, 0.1) is 16.8 Å². The SMILES string of the molecule is O=C(Nc1ccc(-c2c[nH]c(=O)cn2)cc1)c1cccc([N+](=O)[O-])c1. The summed E-state index contributed by atoms with van der Waals surface area (Å²) in [5.41, 5.74) is 1.66. The molecule has 0 atom stereocenters. The van der Waals surface area contributed by atoms with Gasteiger partial charge in [0.25, 0.3) is 17.2 Å². The van der Waals surface area contributed by atoms with Crippen LogP contribution in [0.2, 0.25) is 0 Å². The van der Waals surface area contributed by atoms with Crippen LogP contribution in [0.25, 0.3) is 11.3 Å². The summed E-state index contributed by atoms with van der Waals surface area (Å²) in [5, 5.41) is 13.4. The molecule has 0 aliphatic heterocycles. The van der Waals surface area contributed by atoms with Crippen LogP contribution >= 0.6 is 0 Å². The molecule has 1 heterocycles. The Balaban J connectivity index is 1.76. The highest BCUT2D eigenvalue weighted by Gasteiger charge is 2.11. The summed E-state index contributed by atoms with van der Waals surface area (Å²) in [7, 11) is 0. The first kappa shape index (κ1) is 16.1.